The van der Waals surface area contributed by atoms with Crippen molar-refractivity contribution in [3.8, 4) is 0 Å². The van der Waals surface area contributed by atoms with Gasteiger partial charge in [0.2, 0.25) is 0 Å². The minimum atomic E-state index is 0.440. The van der Waals surface area contributed by atoms with Gasteiger partial charge in [-0.25, -0.2) is 0 Å². The molecule has 2 rings (SSSR count). The summed E-state index contributed by atoms with van der Waals surface area (Å²) < 4.78 is 0. The third-order valence-electron chi connectivity index (χ3n) is 3.19. The quantitative estimate of drug-likeness (QED) is 0.727. The minimum absolute atomic E-state index is 0.440. The van der Waals surface area contributed by atoms with Crippen molar-refractivity contribution in [3.05, 3.63) is 0 Å². The highest BCUT2D eigenvalue weighted by Gasteiger charge is 2.39. The molecule has 2 nitrogen and oxygen atoms in total. The minimum Gasteiger partial charge on any atom is -0.359 e. The molecule has 0 atom stereocenters. The van der Waals surface area contributed by atoms with Crippen LogP contribution in [0.25, 0.3) is 0 Å². The largest absolute Gasteiger partial charge is 0.359 e. The summed E-state index contributed by atoms with van der Waals surface area (Å²) in [6, 6.07) is 0. The van der Waals surface area contributed by atoms with Crippen LogP contribution in [-0.2, 0) is 0 Å². The van der Waals surface area contributed by atoms with Crippen molar-refractivity contribution in [2.24, 2.45) is 4.99 Å². The molecule has 0 radical (unpaired) electrons. The lowest BCUT2D eigenvalue weighted by Crippen LogP contribution is -2.40. The molecule has 1 aliphatic heterocycles. The van der Waals surface area contributed by atoms with Gasteiger partial charge >= 0.3 is 0 Å². The molecular formula is C11H20N2S. The lowest BCUT2D eigenvalue weighted by Gasteiger charge is -2.21. The molecule has 0 aromatic rings. The Bertz CT molecular complexity index is 219. The van der Waals surface area contributed by atoms with Gasteiger partial charge in [0.1, 0.15) is 0 Å². The molecule has 2 fully saturated rings. The van der Waals surface area contributed by atoms with Crippen LogP contribution in [0.1, 0.15) is 45.4 Å². The number of aliphatic imine (C=N–C) groups is 1. The van der Waals surface area contributed by atoms with Crippen LogP contribution in [0.2, 0.25) is 0 Å². The van der Waals surface area contributed by atoms with Gasteiger partial charge in [0.25, 0.3) is 0 Å². The average molecular weight is 212 g/mol. The molecule has 1 saturated heterocycles. The van der Waals surface area contributed by atoms with Gasteiger partial charge in [-0.05, 0) is 19.3 Å². The Balaban J connectivity index is 1.84. The molecule has 2 aliphatic rings. The molecule has 1 spiro atoms. The number of hydrogen-bond acceptors (Lipinski definition) is 2. The van der Waals surface area contributed by atoms with Gasteiger partial charge in [0, 0.05) is 17.8 Å². The Morgan fingerprint density at radius 3 is 2.93 bits per heavy atom. The lowest BCUT2D eigenvalue weighted by molar-refractivity contribution is 0.452. The van der Waals surface area contributed by atoms with Crippen molar-refractivity contribution in [2.45, 2.75) is 51.0 Å². The number of rotatable bonds is 3. The number of unbranched alkanes of at least 4 members (excludes halogenated alkanes) is 1. The van der Waals surface area contributed by atoms with Gasteiger partial charge < -0.3 is 5.32 Å². The van der Waals surface area contributed by atoms with E-state index in [1.165, 1.54) is 49.4 Å². The Morgan fingerprint density at radius 1 is 1.43 bits per heavy atom. The first-order valence-corrected chi connectivity index (χ1v) is 6.79. The maximum atomic E-state index is 4.60. The van der Waals surface area contributed by atoms with Crippen LogP contribution in [-0.4, -0.2) is 23.0 Å². The first-order chi connectivity index (χ1) is 6.85. The molecule has 14 heavy (non-hydrogen) atoms. The second kappa shape index (κ2) is 4.56. The molecule has 1 saturated carbocycles. The van der Waals surface area contributed by atoms with Crippen LogP contribution in [0.5, 0.6) is 0 Å². The van der Waals surface area contributed by atoms with Gasteiger partial charge in [0.15, 0.2) is 5.17 Å². The van der Waals surface area contributed by atoms with Gasteiger partial charge in [-0.15, -0.1) is 0 Å². The van der Waals surface area contributed by atoms with Crippen LogP contribution in [0, 0.1) is 0 Å². The summed E-state index contributed by atoms with van der Waals surface area (Å²) in [5.41, 5.74) is 0.440. The highest BCUT2D eigenvalue weighted by atomic mass is 32.2. The van der Waals surface area contributed by atoms with E-state index in [0.717, 1.165) is 6.54 Å². The lowest BCUT2D eigenvalue weighted by atomic mass is 10.0. The van der Waals surface area contributed by atoms with Crippen LogP contribution in [0.3, 0.4) is 0 Å². The van der Waals surface area contributed by atoms with Crippen molar-refractivity contribution in [1.29, 1.82) is 0 Å². The van der Waals surface area contributed by atoms with E-state index in [-0.39, 0.29) is 0 Å². The summed E-state index contributed by atoms with van der Waals surface area (Å²) in [7, 11) is 0. The molecule has 1 heterocycles. The van der Waals surface area contributed by atoms with E-state index in [9.17, 15) is 0 Å². The van der Waals surface area contributed by atoms with Crippen LogP contribution in [0.15, 0.2) is 4.99 Å². The van der Waals surface area contributed by atoms with E-state index in [0.29, 0.717) is 5.54 Å². The third kappa shape index (κ3) is 2.25. The first-order valence-electron chi connectivity index (χ1n) is 5.80. The second-order valence-corrected chi connectivity index (χ2v) is 5.41. The average Bonchev–Trinajstić information content (AvgIpc) is 2.79. The smallest absolute Gasteiger partial charge is 0.157 e. The van der Waals surface area contributed by atoms with Crippen molar-refractivity contribution in [3.63, 3.8) is 0 Å². The van der Waals surface area contributed by atoms with E-state index in [1.54, 1.807) is 0 Å². The molecule has 1 aliphatic carbocycles. The molecule has 1 N–H and O–H groups in total. The molecule has 3 heteroatoms. The zero-order valence-corrected chi connectivity index (χ0v) is 9.83. The van der Waals surface area contributed by atoms with E-state index >= 15 is 0 Å². The molecule has 0 unspecified atom stereocenters. The molecular weight excluding hydrogens is 192 g/mol. The first kappa shape index (κ1) is 10.3. The summed E-state index contributed by atoms with van der Waals surface area (Å²) in [6.45, 7) is 3.22. The molecule has 0 aromatic heterocycles. The standard InChI is InChI=1S/C11H20N2S/c1-2-3-8-12-10-13-11(9-14-10)6-4-5-7-11/h2-9H2,1H3,(H,12,13). The number of thioether (sulfide) groups is 1. The van der Waals surface area contributed by atoms with Crippen LogP contribution < -0.4 is 5.32 Å². The topological polar surface area (TPSA) is 24.4 Å². The van der Waals surface area contributed by atoms with E-state index < -0.39 is 0 Å². The van der Waals surface area contributed by atoms with Crippen LogP contribution >= 0.6 is 11.8 Å². The number of nitrogens with zero attached hydrogens (tertiary/aromatic N) is 1. The summed E-state index contributed by atoms with van der Waals surface area (Å²) in [4.78, 5) is 4.60. The summed E-state index contributed by atoms with van der Waals surface area (Å²) in [6.07, 6.45) is 7.97. The van der Waals surface area contributed by atoms with Gasteiger partial charge in [-0.2, -0.15) is 0 Å². The summed E-state index contributed by atoms with van der Waals surface area (Å²) >= 11 is 1.93. The molecule has 80 valence electrons. The number of nitrogens with one attached hydrogen (secondary N) is 1. The van der Waals surface area contributed by atoms with Crippen molar-refractivity contribution in [2.75, 3.05) is 12.3 Å². The van der Waals surface area contributed by atoms with Gasteiger partial charge in [0.05, 0.1) is 0 Å². The SMILES string of the molecule is CCCCN=C1NC2(CCCC2)CS1. The fourth-order valence-electron chi connectivity index (χ4n) is 2.25. The highest BCUT2D eigenvalue weighted by molar-refractivity contribution is 8.14. The third-order valence-corrected chi connectivity index (χ3v) is 4.39. The zero-order chi connectivity index (χ0) is 9.86. The monoisotopic (exact) mass is 212 g/mol. The van der Waals surface area contributed by atoms with Crippen LogP contribution in [0.4, 0.5) is 0 Å². The maximum absolute atomic E-state index is 4.60. The normalized spacial score (nSPS) is 27.4. The molecule has 0 bridgehead atoms. The maximum Gasteiger partial charge on any atom is 0.157 e. The summed E-state index contributed by atoms with van der Waals surface area (Å²) in [5, 5.41) is 4.85. The highest BCUT2D eigenvalue weighted by Crippen LogP contribution is 2.37. The van der Waals surface area contributed by atoms with E-state index in [1.807, 2.05) is 11.8 Å². The van der Waals surface area contributed by atoms with Crippen molar-refractivity contribution >= 4 is 16.9 Å². The Hall–Kier alpha value is -0.180. The fraction of sp³-hybridized carbons (Fsp3) is 0.909. The predicted molar refractivity (Wildman–Crippen MR) is 64.0 cm³/mol. The molecule has 0 aromatic carbocycles. The van der Waals surface area contributed by atoms with Crippen molar-refractivity contribution in [1.82, 2.24) is 5.32 Å². The van der Waals surface area contributed by atoms with Gasteiger partial charge in [-0.3, -0.25) is 4.99 Å². The second-order valence-electron chi connectivity index (χ2n) is 4.44. The van der Waals surface area contributed by atoms with Crippen molar-refractivity contribution < 1.29 is 0 Å². The summed E-state index contributed by atoms with van der Waals surface area (Å²) in [5.74, 6) is 1.25. The molecule has 0 amide bonds. The Morgan fingerprint density at radius 2 is 2.21 bits per heavy atom. The zero-order valence-electron chi connectivity index (χ0n) is 9.01. The Kier molecular flexibility index (Phi) is 3.37. The number of amidine groups is 1. The fourth-order valence-corrected chi connectivity index (χ4v) is 3.50. The van der Waals surface area contributed by atoms with Gasteiger partial charge in [-0.1, -0.05) is 37.9 Å². The Labute approximate surface area is 90.9 Å². The predicted octanol–water partition coefficient (Wildman–Crippen LogP) is 2.79. The van der Waals surface area contributed by atoms with E-state index in [4.69, 9.17) is 0 Å². The van der Waals surface area contributed by atoms with E-state index in [2.05, 4.69) is 17.2 Å². The number of hydrogen-bond donors (Lipinski definition) is 1.